The van der Waals surface area contributed by atoms with E-state index in [1.54, 1.807) is 0 Å². The van der Waals surface area contributed by atoms with E-state index < -0.39 is 54.0 Å². The lowest BCUT2D eigenvalue weighted by molar-refractivity contribution is 0.165. The van der Waals surface area contributed by atoms with Gasteiger partial charge in [0.15, 0.2) is 0 Å². The summed E-state index contributed by atoms with van der Waals surface area (Å²) in [6.45, 7) is 1.56. The van der Waals surface area contributed by atoms with E-state index >= 15 is 0 Å². The van der Waals surface area contributed by atoms with Gasteiger partial charge >= 0.3 is 20.8 Å². The summed E-state index contributed by atoms with van der Waals surface area (Å²) in [5.41, 5.74) is 0. The van der Waals surface area contributed by atoms with E-state index in [-0.39, 0.29) is 11.8 Å². The zero-order valence-corrected chi connectivity index (χ0v) is 27.6. The monoisotopic (exact) mass is 706 g/mol. The first-order chi connectivity index (χ1) is 17.5. The third-order valence-electron chi connectivity index (χ3n) is 5.79. The minimum absolute atomic E-state index is 0.213. The van der Waals surface area contributed by atoms with Gasteiger partial charge in [-0.15, -0.1) is 46.4 Å². The van der Waals surface area contributed by atoms with Crippen molar-refractivity contribution in [2.45, 2.75) is 129 Å². The molecule has 0 heterocycles. The predicted molar refractivity (Wildman–Crippen MR) is 157 cm³/mol. The van der Waals surface area contributed by atoms with E-state index in [1.165, 1.54) is 0 Å². The molecule has 2 N–H and O–H groups in total. The molecule has 0 radical (unpaired) electrons. The van der Waals surface area contributed by atoms with E-state index in [4.69, 9.17) is 78.3 Å². The number of hydrogen-bond acceptors (Lipinski definition) is 6. The maximum absolute atomic E-state index is 11.4. The third kappa shape index (κ3) is 22.1. The van der Waals surface area contributed by atoms with Crippen molar-refractivity contribution in [1.29, 1.82) is 0 Å². The molecule has 0 rings (SSSR count). The lowest BCUT2D eigenvalue weighted by Gasteiger charge is -2.29. The quantitative estimate of drug-likeness (QED) is 0.0586. The van der Waals surface area contributed by atoms with E-state index in [0.717, 1.165) is 57.8 Å². The Kier molecular flexibility index (Phi) is 21.2. The van der Waals surface area contributed by atoms with E-state index in [0.29, 0.717) is 25.7 Å². The number of hydrogen-bond donors (Lipinski definition) is 2. The van der Waals surface area contributed by atoms with Crippen molar-refractivity contribution in [2.75, 3.05) is 6.61 Å². The average Bonchev–Trinajstić information content (AvgIpc) is 2.79. The Bertz CT molecular complexity index is 832. The first kappa shape index (κ1) is 39.5. The third-order valence-corrected chi connectivity index (χ3v) is 9.26. The SMILES string of the molecule is CCCCCC[C@@H](Cl)[C@@H](Cl)[C@@H](OS(=O)(=O)O)[C@H](Cl)C[C@@H](Cl)CCCCCCCCC(Cl)(Cl)COS(=O)(=O)O. The van der Waals surface area contributed by atoms with Gasteiger partial charge in [0.05, 0.1) is 16.1 Å². The molecular formula is C22H40Cl6O8S2. The summed E-state index contributed by atoms with van der Waals surface area (Å²) in [5, 5.41) is -2.77. The topological polar surface area (TPSA) is 127 Å². The molecule has 0 aliphatic carbocycles. The molecule has 5 atom stereocenters. The molecule has 0 aliphatic heterocycles. The van der Waals surface area contributed by atoms with E-state index in [2.05, 4.69) is 11.1 Å². The molecule has 0 aromatic carbocycles. The minimum Gasteiger partial charge on any atom is -0.264 e. The van der Waals surface area contributed by atoms with Crippen LogP contribution in [0.25, 0.3) is 0 Å². The van der Waals surface area contributed by atoms with Crippen LogP contribution in [0.2, 0.25) is 0 Å². The number of halogens is 6. The highest BCUT2D eigenvalue weighted by molar-refractivity contribution is 7.81. The van der Waals surface area contributed by atoms with Gasteiger partial charge in [-0.1, -0.05) is 94.3 Å². The first-order valence-electron chi connectivity index (χ1n) is 12.7. The summed E-state index contributed by atoms with van der Waals surface area (Å²) >= 11 is 37.7. The largest absolute Gasteiger partial charge is 0.397 e. The maximum Gasteiger partial charge on any atom is 0.397 e. The maximum atomic E-state index is 11.4. The Morgan fingerprint density at radius 1 is 0.737 bits per heavy atom. The van der Waals surface area contributed by atoms with Crippen LogP contribution in [0.5, 0.6) is 0 Å². The van der Waals surface area contributed by atoms with Crippen LogP contribution in [0.15, 0.2) is 0 Å². The van der Waals surface area contributed by atoms with Gasteiger partial charge < -0.3 is 0 Å². The fraction of sp³-hybridized carbons (Fsp3) is 1.00. The number of unbranched alkanes of at least 4 members (excludes halogenated alkanes) is 8. The summed E-state index contributed by atoms with van der Waals surface area (Å²) < 4.78 is 69.4. The smallest absolute Gasteiger partial charge is 0.264 e. The van der Waals surface area contributed by atoms with Crippen molar-refractivity contribution in [1.82, 2.24) is 0 Å². The van der Waals surface area contributed by atoms with E-state index in [9.17, 15) is 21.4 Å². The minimum atomic E-state index is -4.80. The Balaban J connectivity index is 4.39. The van der Waals surface area contributed by atoms with Crippen LogP contribution in [0.4, 0.5) is 0 Å². The van der Waals surface area contributed by atoms with Crippen LogP contribution >= 0.6 is 69.6 Å². The van der Waals surface area contributed by atoms with Crippen LogP contribution in [-0.4, -0.2) is 64.5 Å². The molecular weight excluding hydrogens is 669 g/mol. The molecule has 0 aromatic heterocycles. The molecule has 16 heteroatoms. The highest BCUT2D eigenvalue weighted by Gasteiger charge is 2.37. The molecule has 0 fully saturated rings. The molecule has 230 valence electrons. The Morgan fingerprint density at radius 2 is 1.26 bits per heavy atom. The second-order valence-electron chi connectivity index (χ2n) is 9.35. The molecule has 0 saturated heterocycles. The zero-order chi connectivity index (χ0) is 29.4. The molecule has 0 aromatic rings. The van der Waals surface area contributed by atoms with Gasteiger partial charge in [0.2, 0.25) is 0 Å². The van der Waals surface area contributed by atoms with Gasteiger partial charge in [0.1, 0.15) is 17.0 Å². The van der Waals surface area contributed by atoms with Gasteiger partial charge in [0.25, 0.3) is 0 Å². The Labute approximate surface area is 258 Å². The standard InChI is InChI=1S/C22H40Cl6O8S2/c1-2-3-4-10-13-18(24)20(26)21(36-38(32,33)34)19(25)15-17(23)12-9-7-5-6-8-11-14-22(27,28)16-35-37(29,30)31/h17-21H,2-16H2,1H3,(H,29,30,31)(H,32,33,34)/t17-,18+,19+,20+,21-/m0/s1. The Morgan fingerprint density at radius 3 is 1.82 bits per heavy atom. The van der Waals surface area contributed by atoms with Gasteiger partial charge in [-0.25, -0.2) is 8.37 Å². The molecule has 0 bridgehead atoms. The van der Waals surface area contributed by atoms with E-state index in [1.807, 2.05) is 0 Å². The summed E-state index contributed by atoms with van der Waals surface area (Å²) in [6, 6.07) is 0. The molecule has 0 saturated carbocycles. The van der Waals surface area contributed by atoms with Crippen LogP contribution in [0.3, 0.4) is 0 Å². The second-order valence-corrected chi connectivity index (χ2v) is 15.4. The normalized spacial score (nSPS) is 17.2. The average molecular weight is 709 g/mol. The molecule has 8 nitrogen and oxygen atoms in total. The van der Waals surface area contributed by atoms with Crippen molar-refractivity contribution in [3.8, 4) is 0 Å². The first-order valence-corrected chi connectivity index (χ1v) is 17.9. The number of rotatable bonds is 24. The van der Waals surface area contributed by atoms with Gasteiger partial charge in [-0.2, -0.15) is 16.8 Å². The fourth-order valence-electron chi connectivity index (χ4n) is 3.77. The second kappa shape index (κ2) is 20.4. The molecule has 0 aliphatic rings. The van der Waals surface area contributed by atoms with Crippen molar-refractivity contribution >= 4 is 90.4 Å². The van der Waals surface area contributed by atoms with Crippen molar-refractivity contribution in [2.24, 2.45) is 0 Å². The molecule has 38 heavy (non-hydrogen) atoms. The molecule has 0 unspecified atom stereocenters. The fourth-order valence-corrected chi connectivity index (χ4v) is 6.87. The van der Waals surface area contributed by atoms with Crippen LogP contribution in [0.1, 0.15) is 96.8 Å². The van der Waals surface area contributed by atoms with Gasteiger partial charge in [0, 0.05) is 5.38 Å². The predicted octanol–water partition coefficient (Wildman–Crippen LogP) is 8.08. The molecule has 0 amide bonds. The van der Waals surface area contributed by atoms with Gasteiger partial charge in [-0.05, 0) is 25.7 Å². The summed E-state index contributed by atoms with van der Waals surface area (Å²) in [4.78, 5) is 0. The summed E-state index contributed by atoms with van der Waals surface area (Å²) in [5.74, 6) is 0. The van der Waals surface area contributed by atoms with Crippen molar-refractivity contribution in [3.63, 3.8) is 0 Å². The van der Waals surface area contributed by atoms with Crippen LogP contribution < -0.4 is 0 Å². The highest BCUT2D eigenvalue weighted by atomic mass is 35.5. The highest BCUT2D eigenvalue weighted by Crippen LogP contribution is 2.31. The van der Waals surface area contributed by atoms with Crippen LogP contribution in [0, 0.1) is 0 Å². The van der Waals surface area contributed by atoms with Crippen molar-refractivity contribution < 1.29 is 34.3 Å². The van der Waals surface area contributed by atoms with Crippen LogP contribution in [-0.2, 0) is 29.2 Å². The lowest BCUT2D eigenvalue weighted by atomic mass is 10.00. The zero-order valence-electron chi connectivity index (χ0n) is 21.4. The molecule has 0 spiro atoms. The number of alkyl halides is 6. The van der Waals surface area contributed by atoms with Gasteiger partial charge in [-0.3, -0.25) is 9.11 Å². The summed E-state index contributed by atoms with van der Waals surface area (Å²) in [7, 11) is -9.38. The Hall–Kier alpha value is 1.48. The summed E-state index contributed by atoms with van der Waals surface area (Å²) in [6.07, 6.45) is 9.45. The lowest BCUT2D eigenvalue weighted by Crippen LogP contribution is -2.41. The van der Waals surface area contributed by atoms with Crippen molar-refractivity contribution in [3.05, 3.63) is 0 Å².